The molecule has 1 fully saturated rings. The van der Waals surface area contributed by atoms with E-state index >= 15 is 0 Å². The molecule has 2 aliphatic heterocycles. The van der Waals surface area contributed by atoms with E-state index in [9.17, 15) is 9.59 Å². The lowest BCUT2D eigenvalue weighted by Gasteiger charge is -2.17. The summed E-state index contributed by atoms with van der Waals surface area (Å²) in [6.45, 7) is 4.54. The highest BCUT2D eigenvalue weighted by Gasteiger charge is 2.39. The monoisotopic (exact) mass is 537 g/mol. The van der Waals surface area contributed by atoms with Gasteiger partial charge < -0.3 is 14.8 Å². The van der Waals surface area contributed by atoms with Crippen molar-refractivity contribution < 1.29 is 19.1 Å². The number of anilines is 1. The van der Waals surface area contributed by atoms with Crippen LogP contribution in [-0.4, -0.2) is 33.9 Å². The van der Waals surface area contributed by atoms with E-state index in [1.165, 1.54) is 11.8 Å². The van der Waals surface area contributed by atoms with Crippen LogP contribution in [-0.2, 0) is 16.1 Å². The molecule has 0 aliphatic carbocycles. The van der Waals surface area contributed by atoms with Crippen molar-refractivity contribution >= 4 is 50.9 Å². The van der Waals surface area contributed by atoms with Crippen molar-refractivity contribution in [2.24, 2.45) is 4.99 Å². The van der Waals surface area contributed by atoms with Crippen LogP contribution in [0.15, 0.2) is 83.9 Å². The first kappa shape index (κ1) is 25.0. The van der Waals surface area contributed by atoms with Crippen LogP contribution in [0, 0.1) is 13.8 Å². The lowest BCUT2D eigenvalue weighted by atomic mass is 10.1. The molecule has 4 aromatic carbocycles. The summed E-state index contributed by atoms with van der Waals surface area (Å²) in [6, 6.07) is 25.4. The first-order chi connectivity index (χ1) is 18.9. The van der Waals surface area contributed by atoms with Crippen molar-refractivity contribution in [1.82, 2.24) is 4.90 Å². The van der Waals surface area contributed by atoms with Gasteiger partial charge in [0.05, 0.1) is 12.2 Å². The van der Waals surface area contributed by atoms with Gasteiger partial charge in [0, 0.05) is 17.5 Å². The van der Waals surface area contributed by atoms with Gasteiger partial charge in [-0.3, -0.25) is 14.5 Å². The minimum Gasteiger partial charge on any atom is -0.454 e. The molecule has 1 atom stereocenters. The summed E-state index contributed by atoms with van der Waals surface area (Å²) >= 11 is 1.33. The average molecular weight is 538 g/mol. The second kappa shape index (κ2) is 10.5. The van der Waals surface area contributed by atoms with E-state index in [1.807, 2.05) is 86.6 Å². The summed E-state index contributed by atoms with van der Waals surface area (Å²) in [7, 11) is 0. The molecule has 196 valence electrons. The number of amidine groups is 1. The van der Waals surface area contributed by atoms with Gasteiger partial charge in [-0.2, -0.15) is 0 Å². The molecule has 2 aliphatic rings. The number of benzene rings is 4. The minimum atomic E-state index is -0.585. The number of carbonyl (C=O) groups excluding carboxylic acids is 2. The molecule has 1 N–H and O–H groups in total. The van der Waals surface area contributed by atoms with Crippen LogP contribution in [0.25, 0.3) is 10.8 Å². The normalized spacial score (nSPS) is 17.3. The van der Waals surface area contributed by atoms with Crippen molar-refractivity contribution in [1.29, 1.82) is 0 Å². The third-order valence-electron chi connectivity index (χ3n) is 6.80. The Balaban J connectivity index is 1.26. The maximum atomic E-state index is 13.7. The van der Waals surface area contributed by atoms with Gasteiger partial charge >= 0.3 is 0 Å². The van der Waals surface area contributed by atoms with E-state index in [2.05, 4.69) is 11.4 Å². The molecule has 8 heteroatoms. The van der Waals surface area contributed by atoms with Crippen molar-refractivity contribution in [2.75, 3.05) is 12.1 Å². The van der Waals surface area contributed by atoms with Gasteiger partial charge in [-0.05, 0) is 54.6 Å². The van der Waals surface area contributed by atoms with Crippen LogP contribution in [0.4, 0.5) is 11.4 Å². The number of hydrogen-bond acceptors (Lipinski definition) is 6. The zero-order valence-electron chi connectivity index (χ0n) is 21.6. The molecule has 2 amide bonds. The number of ether oxygens (including phenoxy) is 2. The van der Waals surface area contributed by atoms with Crippen molar-refractivity contribution in [3.8, 4) is 11.5 Å². The van der Waals surface area contributed by atoms with E-state index in [-0.39, 0.29) is 25.0 Å². The number of rotatable bonds is 6. The zero-order valence-corrected chi connectivity index (χ0v) is 22.5. The Morgan fingerprint density at radius 2 is 1.82 bits per heavy atom. The number of nitrogens with one attached hydrogen (secondary N) is 1. The molecule has 2 heterocycles. The number of hydrogen-bond donors (Lipinski definition) is 1. The highest BCUT2D eigenvalue weighted by Crippen LogP contribution is 2.37. The SMILES string of the molecule is Cc1ccc(N=C2SC(CC(=O)Nc3cccc4ccccc34)C(=O)N2Cc2ccc3c(c2)OCO3)c(C)c1. The number of aryl methyl sites for hydroxylation is 2. The largest absolute Gasteiger partial charge is 0.454 e. The number of amides is 2. The molecule has 7 nitrogen and oxygen atoms in total. The maximum absolute atomic E-state index is 13.7. The fraction of sp³-hybridized carbons (Fsp3) is 0.194. The van der Waals surface area contributed by atoms with Crippen LogP contribution >= 0.6 is 11.8 Å². The molecule has 1 saturated heterocycles. The Bertz CT molecular complexity index is 1630. The third kappa shape index (κ3) is 5.20. The quantitative estimate of drug-likeness (QED) is 0.310. The molecule has 6 rings (SSSR count). The maximum Gasteiger partial charge on any atom is 0.242 e. The topological polar surface area (TPSA) is 80.2 Å². The molecule has 0 spiro atoms. The first-order valence-electron chi connectivity index (χ1n) is 12.7. The number of nitrogens with zero attached hydrogens (tertiary/aromatic N) is 2. The van der Waals surface area contributed by atoms with Crippen LogP contribution in [0.1, 0.15) is 23.1 Å². The number of aliphatic imine (C=N–C) groups is 1. The molecule has 0 saturated carbocycles. The Labute approximate surface area is 230 Å². The van der Waals surface area contributed by atoms with E-state index in [0.29, 0.717) is 23.2 Å². The third-order valence-corrected chi connectivity index (χ3v) is 7.98. The Morgan fingerprint density at radius 1 is 1.00 bits per heavy atom. The summed E-state index contributed by atoms with van der Waals surface area (Å²) in [5.41, 5.74) is 4.59. The second-order valence-corrected chi connectivity index (χ2v) is 10.9. The molecular weight excluding hydrogens is 510 g/mol. The molecule has 4 aromatic rings. The predicted octanol–water partition coefficient (Wildman–Crippen LogP) is 6.35. The van der Waals surface area contributed by atoms with Crippen LogP contribution in [0.3, 0.4) is 0 Å². The number of carbonyl (C=O) groups is 2. The standard InChI is InChI=1S/C31H27N3O4S/c1-19-10-12-24(20(2)14-19)33-31-34(17-21-11-13-26-27(15-21)38-18-37-26)30(36)28(39-31)16-29(35)32-25-9-5-7-22-6-3-4-8-23(22)25/h3-15,28H,16-18H2,1-2H3,(H,32,35). The van der Waals surface area contributed by atoms with E-state index in [0.717, 1.165) is 38.8 Å². The van der Waals surface area contributed by atoms with E-state index < -0.39 is 5.25 Å². The number of fused-ring (bicyclic) bond motifs is 2. The van der Waals surface area contributed by atoms with Gasteiger partial charge in [0.15, 0.2) is 16.7 Å². The minimum absolute atomic E-state index is 0.0380. The molecule has 0 aromatic heterocycles. The van der Waals surface area contributed by atoms with Gasteiger partial charge in [0.25, 0.3) is 0 Å². The highest BCUT2D eigenvalue weighted by atomic mass is 32.2. The number of thioether (sulfide) groups is 1. The van der Waals surface area contributed by atoms with Crippen LogP contribution < -0.4 is 14.8 Å². The van der Waals surface area contributed by atoms with Gasteiger partial charge in [-0.1, -0.05) is 71.9 Å². The van der Waals surface area contributed by atoms with E-state index in [4.69, 9.17) is 14.5 Å². The molecule has 0 bridgehead atoms. The van der Waals surface area contributed by atoms with Gasteiger partial charge in [-0.15, -0.1) is 0 Å². The first-order valence-corrected chi connectivity index (χ1v) is 13.6. The Hall–Kier alpha value is -4.30. The van der Waals surface area contributed by atoms with Gasteiger partial charge in [-0.25, -0.2) is 4.99 Å². The van der Waals surface area contributed by atoms with Crippen molar-refractivity contribution in [2.45, 2.75) is 32.1 Å². The smallest absolute Gasteiger partial charge is 0.242 e. The van der Waals surface area contributed by atoms with Crippen LogP contribution in [0.5, 0.6) is 11.5 Å². The molecule has 1 unspecified atom stereocenters. The lowest BCUT2D eigenvalue weighted by molar-refractivity contribution is -0.128. The van der Waals surface area contributed by atoms with Crippen molar-refractivity contribution in [3.63, 3.8) is 0 Å². The fourth-order valence-electron chi connectivity index (χ4n) is 4.83. The second-order valence-electron chi connectivity index (χ2n) is 9.68. The summed E-state index contributed by atoms with van der Waals surface area (Å²) in [5.74, 6) is 0.987. The molecule has 39 heavy (non-hydrogen) atoms. The summed E-state index contributed by atoms with van der Waals surface area (Å²) in [6.07, 6.45) is 0.0380. The molecule has 0 radical (unpaired) electrons. The van der Waals surface area contributed by atoms with Gasteiger partial charge in [0.1, 0.15) is 5.25 Å². The zero-order chi connectivity index (χ0) is 26.9. The summed E-state index contributed by atoms with van der Waals surface area (Å²) < 4.78 is 11.0. The average Bonchev–Trinajstić information content (AvgIpc) is 3.50. The lowest BCUT2D eigenvalue weighted by Crippen LogP contribution is -2.33. The predicted molar refractivity (Wildman–Crippen MR) is 155 cm³/mol. The molecular formula is C31H27N3O4S. The Kier molecular flexibility index (Phi) is 6.70. The Morgan fingerprint density at radius 3 is 2.69 bits per heavy atom. The van der Waals surface area contributed by atoms with Gasteiger partial charge in [0.2, 0.25) is 18.6 Å². The van der Waals surface area contributed by atoms with E-state index in [1.54, 1.807) is 4.90 Å². The highest BCUT2D eigenvalue weighted by molar-refractivity contribution is 8.15. The summed E-state index contributed by atoms with van der Waals surface area (Å²) in [4.78, 5) is 33.4. The fourth-order valence-corrected chi connectivity index (χ4v) is 5.98. The van der Waals surface area contributed by atoms with Crippen LogP contribution in [0.2, 0.25) is 0 Å². The van der Waals surface area contributed by atoms with Crippen molar-refractivity contribution in [3.05, 3.63) is 95.6 Å². The summed E-state index contributed by atoms with van der Waals surface area (Å²) in [5, 5.41) is 5.00.